The molecular weight excluding hydrogens is 214 g/mol. The third-order valence-electron chi connectivity index (χ3n) is 3.78. The molecule has 0 aromatic heterocycles. The fraction of sp³-hybridized carbons (Fsp3) is 0.417. The van der Waals surface area contributed by atoms with E-state index in [4.69, 9.17) is 5.26 Å². The van der Waals surface area contributed by atoms with Gasteiger partial charge in [0.2, 0.25) is 0 Å². The van der Waals surface area contributed by atoms with Gasteiger partial charge < -0.3 is 0 Å². The SMILES string of the molecule is N#CC1=CC2CC1C(C#N)(C#N)C2(C#N)C#N. The van der Waals surface area contributed by atoms with Gasteiger partial charge in [0, 0.05) is 17.4 Å². The lowest BCUT2D eigenvalue weighted by atomic mass is 9.59. The summed E-state index contributed by atoms with van der Waals surface area (Å²) in [6.45, 7) is 0. The number of fused-ring (bicyclic) bond motifs is 2. The first-order chi connectivity index (χ1) is 8.15. The fourth-order valence-electron chi connectivity index (χ4n) is 2.90. The molecule has 0 amide bonds. The standard InChI is InChI=1S/C12H5N5/c13-3-8-1-9-2-10(8)12(6-16,7-17)11(9,4-14)5-15/h1,9-10H,2H2. The lowest BCUT2D eigenvalue weighted by Crippen LogP contribution is -2.42. The van der Waals surface area contributed by atoms with E-state index in [1.54, 1.807) is 6.08 Å². The van der Waals surface area contributed by atoms with Gasteiger partial charge in [-0.3, -0.25) is 0 Å². The highest BCUT2D eigenvalue weighted by molar-refractivity contribution is 5.52. The Hall–Kier alpha value is -2.81. The van der Waals surface area contributed by atoms with Gasteiger partial charge in [0.25, 0.3) is 0 Å². The summed E-state index contributed by atoms with van der Waals surface area (Å²) in [6.07, 6.45) is 1.91. The van der Waals surface area contributed by atoms with Crippen molar-refractivity contribution < 1.29 is 0 Å². The Balaban J connectivity index is 2.77. The molecule has 0 aromatic rings. The zero-order valence-electron chi connectivity index (χ0n) is 8.68. The van der Waals surface area contributed by atoms with Crippen LogP contribution < -0.4 is 0 Å². The van der Waals surface area contributed by atoms with E-state index in [1.807, 2.05) is 30.3 Å². The summed E-state index contributed by atoms with van der Waals surface area (Å²) in [5.74, 6) is -1.12. The summed E-state index contributed by atoms with van der Waals surface area (Å²) < 4.78 is 0. The molecule has 2 rings (SSSR count). The predicted molar refractivity (Wildman–Crippen MR) is 52.6 cm³/mol. The molecule has 0 radical (unpaired) electrons. The topological polar surface area (TPSA) is 119 Å². The molecule has 1 saturated carbocycles. The van der Waals surface area contributed by atoms with Crippen molar-refractivity contribution >= 4 is 0 Å². The number of hydrogen-bond acceptors (Lipinski definition) is 5. The van der Waals surface area contributed by atoms with E-state index in [9.17, 15) is 21.0 Å². The largest absolute Gasteiger partial charge is 0.196 e. The second kappa shape index (κ2) is 3.09. The van der Waals surface area contributed by atoms with Crippen molar-refractivity contribution in [3.63, 3.8) is 0 Å². The minimum Gasteiger partial charge on any atom is -0.196 e. The van der Waals surface area contributed by atoms with E-state index in [0.29, 0.717) is 12.0 Å². The molecule has 0 heterocycles. The van der Waals surface area contributed by atoms with Crippen molar-refractivity contribution in [1.82, 2.24) is 0 Å². The normalized spacial score (nSPS) is 29.9. The zero-order chi connectivity index (χ0) is 12.7. The average molecular weight is 219 g/mol. The molecule has 2 aliphatic rings. The summed E-state index contributed by atoms with van der Waals surface area (Å²) in [5.41, 5.74) is -3.03. The Bertz CT molecular complexity index is 594. The van der Waals surface area contributed by atoms with Crippen molar-refractivity contribution in [2.75, 3.05) is 0 Å². The predicted octanol–water partition coefficient (Wildman–Crippen LogP) is 1.15. The van der Waals surface area contributed by atoms with Crippen LogP contribution in [0.2, 0.25) is 0 Å². The van der Waals surface area contributed by atoms with Crippen molar-refractivity contribution in [1.29, 1.82) is 26.3 Å². The van der Waals surface area contributed by atoms with Gasteiger partial charge in [-0.15, -0.1) is 0 Å². The van der Waals surface area contributed by atoms with E-state index < -0.39 is 22.7 Å². The molecule has 2 unspecified atom stereocenters. The van der Waals surface area contributed by atoms with Gasteiger partial charge in [-0.05, 0) is 6.42 Å². The van der Waals surface area contributed by atoms with E-state index in [0.717, 1.165) is 0 Å². The van der Waals surface area contributed by atoms with Crippen molar-refractivity contribution in [3.05, 3.63) is 11.6 Å². The van der Waals surface area contributed by atoms with Crippen LogP contribution in [0.15, 0.2) is 11.6 Å². The molecule has 78 valence electrons. The Morgan fingerprint density at radius 3 is 1.88 bits per heavy atom. The highest BCUT2D eigenvalue weighted by atomic mass is 14.7. The first kappa shape index (κ1) is 10.7. The molecular formula is C12H5N5. The lowest BCUT2D eigenvalue weighted by molar-refractivity contribution is 0.271. The zero-order valence-corrected chi connectivity index (χ0v) is 8.68. The molecule has 5 nitrogen and oxygen atoms in total. The van der Waals surface area contributed by atoms with Gasteiger partial charge in [-0.1, -0.05) is 6.08 Å². The maximum absolute atomic E-state index is 9.24. The summed E-state index contributed by atoms with van der Waals surface area (Å²) in [5, 5.41) is 45.8. The van der Waals surface area contributed by atoms with Crippen LogP contribution in [0.5, 0.6) is 0 Å². The van der Waals surface area contributed by atoms with E-state index in [1.165, 1.54) is 0 Å². The van der Waals surface area contributed by atoms with Gasteiger partial charge in [0.1, 0.15) is 0 Å². The maximum atomic E-state index is 9.24. The molecule has 0 aromatic carbocycles. The van der Waals surface area contributed by atoms with Crippen molar-refractivity contribution in [2.24, 2.45) is 22.7 Å². The molecule has 2 bridgehead atoms. The van der Waals surface area contributed by atoms with Crippen molar-refractivity contribution in [2.45, 2.75) is 6.42 Å². The van der Waals surface area contributed by atoms with E-state index in [2.05, 4.69) is 0 Å². The number of allylic oxidation sites excluding steroid dienone is 2. The molecule has 0 saturated heterocycles. The second-order valence-corrected chi connectivity index (χ2v) is 4.19. The first-order valence-electron chi connectivity index (χ1n) is 4.92. The van der Waals surface area contributed by atoms with Crippen LogP contribution in [0.1, 0.15) is 6.42 Å². The number of hydrogen-bond donors (Lipinski definition) is 0. The number of nitriles is 5. The highest BCUT2D eigenvalue weighted by Crippen LogP contribution is 2.64. The minimum atomic E-state index is -1.72. The van der Waals surface area contributed by atoms with Crippen LogP contribution in [-0.2, 0) is 0 Å². The van der Waals surface area contributed by atoms with E-state index in [-0.39, 0.29) is 0 Å². The summed E-state index contributed by atoms with van der Waals surface area (Å²) in [4.78, 5) is 0. The molecule has 0 spiro atoms. The molecule has 17 heavy (non-hydrogen) atoms. The molecule has 2 aliphatic carbocycles. The van der Waals surface area contributed by atoms with E-state index >= 15 is 0 Å². The molecule has 1 fully saturated rings. The third kappa shape index (κ3) is 0.846. The van der Waals surface area contributed by atoms with Gasteiger partial charge in [0.15, 0.2) is 10.8 Å². The van der Waals surface area contributed by atoms with Gasteiger partial charge in [0.05, 0.1) is 30.3 Å². The molecule has 2 atom stereocenters. The van der Waals surface area contributed by atoms with Crippen LogP contribution in [0, 0.1) is 79.3 Å². The van der Waals surface area contributed by atoms with Gasteiger partial charge in [-0.2, -0.15) is 26.3 Å². The van der Waals surface area contributed by atoms with Gasteiger partial charge in [-0.25, -0.2) is 0 Å². The summed E-state index contributed by atoms with van der Waals surface area (Å²) >= 11 is 0. The van der Waals surface area contributed by atoms with Crippen LogP contribution in [-0.4, -0.2) is 0 Å². The molecule has 0 aliphatic heterocycles. The maximum Gasteiger partial charge on any atom is 0.183 e. The third-order valence-corrected chi connectivity index (χ3v) is 3.78. The first-order valence-corrected chi connectivity index (χ1v) is 4.92. The van der Waals surface area contributed by atoms with Crippen LogP contribution in [0.4, 0.5) is 0 Å². The Morgan fingerprint density at radius 1 is 0.941 bits per heavy atom. The summed E-state index contributed by atoms with van der Waals surface area (Å²) in [7, 11) is 0. The van der Waals surface area contributed by atoms with Gasteiger partial charge >= 0.3 is 0 Å². The Kier molecular flexibility index (Phi) is 1.94. The lowest BCUT2D eigenvalue weighted by Gasteiger charge is -2.32. The Labute approximate surface area is 98.0 Å². The smallest absolute Gasteiger partial charge is 0.183 e. The molecule has 0 N–H and O–H groups in total. The van der Waals surface area contributed by atoms with Crippen LogP contribution >= 0.6 is 0 Å². The monoisotopic (exact) mass is 219 g/mol. The number of rotatable bonds is 0. The summed E-state index contributed by atoms with van der Waals surface area (Å²) in [6, 6.07) is 9.25. The fourth-order valence-corrected chi connectivity index (χ4v) is 2.90. The number of nitrogens with zero attached hydrogens (tertiary/aromatic N) is 5. The Morgan fingerprint density at radius 2 is 1.47 bits per heavy atom. The minimum absolute atomic E-state index is 0.347. The highest BCUT2D eigenvalue weighted by Gasteiger charge is 2.71. The second-order valence-electron chi connectivity index (χ2n) is 4.19. The average Bonchev–Trinajstić information content (AvgIpc) is 2.92. The van der Waals surface area contributed by atoms with Crippen LogP contribution in [0.3, 0.4) is 0 Å². The molecule has 5 heteroatoms. The quantitative estimate of drug-likeness (QED) is 0.605. The van der Waals surface area contributed by atoms with Crippen LogP contribution in [0.25, 0.3) is 0 Å². The van der Waals surface area contributed by atoms with Crippen molar-refractivity contribution in [3.8, 4) is 30.3 Å².